The van der Waals surface area contributed by atoms with Gasteiger partial charge >= 0.3 is 6.18 Å². The molecule has 1 aliphatic rings. The molecule has 10 heteroatoms. The van der Waals surface area contributed by atoms with Crippen LogP contribution in [0.5, 0.6) is 5.75 Å². The van der Waals surface area contributed by atoms with Gasteiger partial charge in [-0.3, -0.25) is 9.89 Å². The van der Waals surface area contributed by atoms with Crippen molar-refractivity contribution in [2.45, 2.75) is 51.4 Å². The van der Waals surface area contributed by atoms with E-state index in [9.17, 15) is 18.0 Å². The van der Waals surface area contributed by atoms with E-state index >= 15 is 0 Å². The number of halogens is 3. The summed E-state index contributed by atoms with van der Waals surface area (Å²) < 4.78 is 47.3. The molecule has 2 heterocycles. The number of nitrogens with zero attached hydrogens (tertiary/aromatic N) is 3. The van der Waals surface area contributed by atoms with E-state index in [0.29, 0.717) is 37.2 Å². The number of hydrogen-bond acceptors (Lipinski definition) is 4. The standard InChI is InChI=1S/C19H23F3N4O2S/c1-3-26-16(23-24-18(26)29)13-8-10-25(11-9-13)17(27)12(2)28-15-7-5-4-6-14(15)19(20,21)22/h4-7,12-13H,3,8-11H2,1-2H3,(H,24,29). The molecule has 29 heavy (non-hydrogen) atoms. The zero-order valence-corrected chi connectivity index (χ0v) is 17.0. The van der Waals surface area contributed by atoms with E-state index in [4.69, 9.17) is 17.0 Å². The number of benzene rings is 1. The Hall–Kier alpha value is -2.36. The Kier molecular flexibility index (Phi) is 6.30. The number of aromatic nitrogens is 3. The fourth-order valence-corrected chi connectivity index (χ4v) is 3.88. The molecule has 0 bridgehead atoms. The van der Waals surface area contributed by atoms with Crippen LogP contribution < -0.4 is 4.74 Å². The van der Waals surface area contributed by atoms with Crippen LogP contribution >= 0.6 is 12.2 Å². The van der Waals surface area contributed by atoms with Gasteiger partial charge in [0.1, 0.15) is 11.6 Å². The van der Waals surface area contributed by atoms with Crippen molar-refractivity contribution >= 4 is 18.1 Å². The third-order valence-corrected chi connectivity index (χ3v) is 5.43. The Morgan fingerprint density at radius 1 is 1.34 bits per heavy atom. The van der Waals surface area contributed by atoms with Gasteiger partial charge in [0.05, 0.1) is 5.56 Å². The summed E-state index contributed by atoms with van der Waals surface area (Å²) in [5, 5.41) is 7.12. The number of amides is 1. The lowest BCUT2D eigenvalue weighted by Gasteiger charge is -2.33. The number of aromatic amines is 1. The highest BCUT2D eigenvalue weighted by molar-refractivity contribution is 7.71. The van der Waals surface area contributed by atoms with Gasteiger partial charge in [0.25, 0.3) is 5.91 Å². The number of likely N-dealkylation sites (tertiary alicyclic amines) is 1. The van der Waals surface area contributed by atoms with Gasteiger partial charge < -0.3 is 14.2 Å². The largest absolute Gasteiger partial charge is 0.480 e. The molecule has 2 aromatic rings. The normalized spacial score (nSPS) is 16.7. The molecule has 1 saturated heterocycles. The summed E-state index contributed by atoms with van der Waals surface area (Å²) in [4.78, 5) is 14.3. The van der Waals surface area contributed by atoms with Crippen molar-refractivity contribution < 1.29 is 22.7 Å². The minimum atomic E-state index is -4.54. The van der Waals surface area contributed by atoms with E-state index in [-0.39, 0.29) is 17.6 Å². The van der Waals surface area contributed by atoms with Crippen LogP contribution in [0.3, 0.4) is 0 Å². The molecule has 0 spiro atoms. The van der Waals surface area contributed by atoms with E-state index in [1.165, 1.54) is 25.1 Å². The summed E-state index contributed by atoms with van der Waals surface area (Å²) in [6.07, 6.45) is -4.14. The van der Waals surface area contributed by atoms with Crippen LogP contribution in [0, 0.1) is 4.77 Å². The first-order valence-corrected chi connectivity index (χ1v) is 9.90. The number of nitrogens with one attached hydrogen (secondary N) is 1. The molecule has 1 N–H and O–H groups in total. The minimum absolute atomic E-state index is 0.175. The average molecular weight is 428 g/mol. The Morgan fingerprint density at radius 3 is 2.62 bits per heavy atom. The zero-order chi connectivity index (χ0) is 21.2. The number of hydrogen-bond donors (Lipinski definition) is 1. The van der Waals surface area contributed by atoms with Crippen LogP contribution in [0.25, 0.3) is 0 Å². The van der Waals surface area contributed by atoms with Crippen LogP contribution in [-0.4, -0.2) is 44.8 Å². The second kappa shape index (κ2) is 8.56. The number of piperidine rings is 1. The van der Waals surface area contributed by atoms with E-state index < -0.39 is 17.8 Å². The summed E-state index contributed by atoms with van der Waals surface area (Å²) in [5.74, 6) is 0.395. The van der Waals surface area contributed by atoms with Gasteiger partial charge in [0.2, 0.25) is 0 Å². The summed E-state index contributed by atoms with van der Waals surface area (Å²) in [6.45, 7) is 5.16. The summed E-state index contributed by atoms with van der Waals surface area (Å²) in [5.41, 5.74) is -0.888. The maximum Gasteiger partial charge on any atom is 0.419 e. The third kappa shape index (κ3) is 4.63. The number of H-pyrrole nitrogens is 1. The van der Waals surface area contributed by atoms with Crippen molar-refractivity contribution in [3.63, 3.8) is 0 Å². The monoisotopic (exact) mass is 428 g/mol. The Bertz CT molecular complexity index is 917. The van der Waals surface area contributed by atoms with Crippen LogP contribution in [0.15, 0.2) is 24.3 Å². The van der Waals surface area contributed by atoms with E-state index in [1.54, 1.807) is 4.90 Å². The average Bonchev–Trinajstić information content (AvgIpc) is 3.07. The number of rotatable bonds is 5. The lowest BCUT2D eigenvalue weighted by Crippen LogP contribution is -2.44. The number of carbonyl (C=O) groups is 1. The molecule has 6 nitrogen and oxygen atoms in total. The molecule has 1 aromatic carbocycles. The van der Waals surface area contributed by atoms with Gasteiger partial charge in [-0.25, -0.2) is 0 Å². The first-order chi connectivity index (χ1) is 13.7. The van der Waals surface area contributed by atoms with E-state index in [0.717, 1.165) is 11.9 Å². The third-order valence-electron chi connectivity index (χ3n) is 5.12. The Labute approximate surface area is 171 Å². The number of carbonyl (C=O) groups excluding carboxylic acids is 1. The molecule has 0 aliphatic carbocycles. The molecule has 3 rings (SSSR count). The van der Waals surface area contributed by atoms with Crippen LogP contribution in [0.4, 0.5) is 13.2 Å². The second-order valence-electron chi connectivity index (χ2n) is 6.98. The topological polar surface area (TPSA) is 63.1 Å². The van der Waals surface area contributed by atoms with Crippen molar-refractivity contribution in [3.8, 4) is 5.75 Å². The quantitative estimate of drug-likeness (QED) is 0.727. The molecule has 1 atom stereocenters. The summed E-state index contributed by atoms with van der Waals surface area (Å²) >= 11 is 5.22. The molecular weight excluding hydrogens is 405 g/mol. The molecule has 1 amide bonds. The van der Waals surface area contributed by atoms with Gasteiger partial charge in [-0.2, -0.15) is 18.3 Å². The highest BCUT2D eigenvalue weighted by atomic mass is 32.1. The first kappa shape index (κ1) is 21.4. The maximum absolute atomic E-state index is 13.1. The van der Waals surface area contributed by atoms with Crippen molar-refractivity contribution in [2.75, 3.05) is 13.1 Å². The zero-order valence-electron chi connectivity index (χ0n) is 16.2. The second-order valence-corrected chi connectivity index (χ2v) is 7.37. The van der Waals surface area contributed by atoms with Crippen molar-refractivity contribution in [1.29, 1.82) is 0 Å². The molecule has 1 unspecified atom stereocenters. The van der Waals surface area contributed by atoms with Crippen LogP contribution in [0.1, 0.15) is 44.0 Å². The van der Waals surface area contributed by atoms with Crippen molar-refractivity contribution in [2.24, 2.45) is 0 Å². The molecule has 0 saturated carbocycles. The van der Waals surface area contributed by atoms with E-state index in [1.807, 2.05) is 11.5 Å². The fraction of sp³-hybridized carbons (Fsp3) is 0.526. The van der Waals surface area contributed by atoms with Crippen molar-refractivity contribution in [3.05, 3.63) is 40.4 Å². The number of ether oxygens (including phenoxy) is 1. The Balaban J connectivity index is 1.63. The van der Waals surface area contributed by atoms with Gasteiger partial charge in [-0.05, 0) is 51.0 Å². The molecule has 1 aliphatic heterocycles. The predicted molar refractivity (Wildman–Crippen MR) is 103 cm³/mol. The fourth-order valence-electron chi connectivity index (χ4n) is 3.61. The molecule has 0 radical (unpaired) electrons. The first-order valence-electron chi connectivity index (χ1n) is 9.49. The van der Waals surface area contributed by atoms with Gasteiger partial charge in [0.15, 0.2) is 10.9 Å². The van der Waals surface area contributed by atoms with E-state index in [2.05, 4.69) is 10.2 Å². The minimum Gasteiger partial charge on any atom is -0.480 e. The summed E-state index contributed by atoms with van der Waals surface area (Å²) in [6, 6.07) is 4.91. The van der Waals surface area contributed by atoms with Crippen LogP contribution in [-0.2, 0) is 17.5 Å². The number of alkyl halides is 3. The van der Waals surface area contributed by atoms with Crippen molar-refractivity contribution in [1.82, 2.24) is 19.7 Å². The van der Waals surface area contributed by atoms with Gasteiger partial charge in [-0.1, -0.05) is 12.1 Å². The maximum atomic E-state index is 13.1. The molecule has 1 aromatic heterocycles. The highest BCUT2D eigenvalue weighted by Crippen LogP contribution is 2.36. The van der Waals surface area contributed by atoms with Crippen LogP contribution in [0.2, 0.25) is 0 Å². The predicted octanol–water partition coefficient (Wildman–Crippen LogP) is 4.15. The van der Waals surface area contributed by atoms with Gasteiger partial charge in [-0.15, -0.1) is 0 Å². The summed E-state index contributed by atoms with van der Waals surface area (Å²) in [7, 11) is 0. The highest BCUT2D eigenvalue weighted by Gasteiger charge is 2.35. The smallest absolute Gasteiger partial charge is 0.419 e. The molecule has 158 valence electrons. The SMILES string of the molecule is CCn1c(C2CCN(C(=O)C(C)Oc3ccccc3C(F)(F)F)CC2)n[nH]c1=S. The number of para-hydroxylation sites is 1. The lowest BCUT2D eigenvalue weighted by atomic mass is 9.95. The lowest BCUT2D eigenvalue weighted by molar-refractivity contribution is -0.144. The molecular formula is C19H23F3N4O2S. The van der Waals surface area contributed by atoms with Gasteiger partial charge in [0, 0.05) is 25.6 Å². The molecule has 1 fully saturated rings. The Morgan fingerprint density at radius 2 is 2.00 bits per heavy atom.